The van der Waals surface area contributed by atoms with Gasteiger partial charge in [0.15, 0.2) is 0 Å². The van der Waals surface area contributed by atoms with Gasteiger partial charge >= 0.3 is 5.97 Å². The SMILES string of the molecule is CCc1cc2ccc1C(=O)N1CCc3ccc(cc3C1)C(CC(=O)O)c1ccc3c(nnn3CCCOC2)c1C. The first-order valence-corrected chi connectivity index (χ1v) is 14.1. The number of carboxylic acids is 1. The molecule has 8 nitrogen and oxygen atoms in total. The van der Waals surface area contributed by atoms with E-state index in [1.807, 2.05) is 46.8 Å². The molecule has 5 aliphatic rings. The molecule has 0 saturated carbocycles. The van der Waals surface area contributed by atoms with Gasteiger partial charge in [0.05, 0.1) is 18.5 Å². The van der Waals surface area contributed by atoms with Crippen molar-refractivity contribution in [2.45, 2.75) is 65.1 Å². The van der Waals surface area contributed by atoms with E-state index in [9.17, 15) is 14.7 Å². The zero-order chi connectivity index (χ0) is 27.8. The lowest BCUT2D eigenvalue weighted by Gasteiger charge is -2.31. The van der Waals surface area contributed by atoms with E-state index < -0.39 is 5.97 Å². The standard InChI is InChI=1S/C32H34N4O4/c1-3-22-15-21-5-8-27(22)32(39)35-13-11-23-6-7-24(16-25(23)18-35)28(17-30(37)38)26-9-10-29-31(20(26)2)33-34-36(29)12-4-14-40-19-21/h5-10,15-16,28H,3-4,11-14,17-19H2,1-2H3,(H,37,38). The van der Waals surface area contributed by atoms with Crippen LogP contribution in [0.5, 0.6) is 0 Å². The number of carbonyl (C=O) groups is 2. The van der Waals surface area contributed by atoms with Crippen LogP contribution in [0.4, 0.5) is 0 Å². The first kappa shape index (κ1) is 26.2. The van der Waals surface area contributed by atoms with Crippen molar-refractivity contribution in [1.82, 2.24) is 19.9 Å². The van der Waals surface area contributed by atoms with E-state index in [1.165, 1.54) is 5.56 Å². The van der Waals surface area contributed by atoms with Gasteiger partial charge in [0.25, 0.3) is 5.91 Å². The van der Waals surface area contributed by atoms with Crippen LogP contribution < -0.4 is 0 Å². The van der Waals surface area contributed by atoms with Gasteiger partial charge in [-0.2, -0.15) is 0 Å². The van der Waals surface area contributed by atoms with Gasteiger partial charge in [-0.1, -0.05) is 48.5 Å². The Morgan fingerprint density at radius 3 is 2.80 bits per heavy atom. The van der Waals surface area contributed by atoms with Crippen molar-refractivity contribution in [2.24, 2.45) is 0 Å². The lowest BCUT2D eigenvalue weighted by Crippen LogP contribution is -2.36. The average Bonchev–Trinajstić information content (AvgIpc) is 3.38. The summed E-state index contributed by atoms with van der Waals surface area (Å²) in [5, 5.41) is 18.8. The molecule has 1 atom stereocenters. The van der Waals surface area contributed by atoms with Gasteiger partial charge in [0.2, 0.25) is 0 Å². The Bertz CT molecular complexity index is 1610. The molecular formula is C32H34N4O4. The summed E-state index contributed by atoms with van der Waals surface area (Å²) in [5.74, 6) is -1.16. The van der Waals surface area contributed by atoms with Crippen molar-refractivity contribution in [3.8, 4) is 0 Å². The third-order valence-electron chi connectivity index (χ3n) is 8.38. The summed E-state index contributed by atoms with van der Waals surface area (Å²) in [6, 6.07) is 16.3. The van der Waals surface area contributed by atoms with Crippen LogP contribution in [0.3, 0.4) is 0 Å². The molecule has 5 aliphatic heterocycles. The summed E-state index contributed by atoms with van der Waals surface area (Å²) in [6.45, 7) is 6.97. The quantitative estimate of drug-likeness (QED) is 0.393. The van der Waals surface area contributed by atoms with Crippen LogP contribution in [-0.4, -0.2) is 50.0 Å². The maximum absolute atomic E-state index is 13.7. The van der Waals surface area contributed by atoms with Crippen molar-refractivity contribution in [2.75, 3.05) is 13.2 Å². The number of aryl methyl sites for hydroxylation is 3. The molecular weight excluding hydrogens is 504 g/mol. The van der Waals surface area contributed by atoms with Crippen LogP contribution in [0.15, 0.2) is 48.5 Å². The van der Waals surface area contributed by atoms with Crippen LogP contribution in [-0.2, 0) is 42.1 Å². The summed E-state index contributed by atoms with van der Waals surface area (Å²) in [4.78, 5) is 27.7. The predicted molar refractivity (Wildman–Crippen MR) is 151 cm³/mol. The predicted octanol–water partition coefficient (Wildman–Crippen LogP) is 5.03. The topological polar surface area (TPSA) is 97.5 Å². The highest BCUT2D eigenvalue weighted by atomic mass is 16.5. The molecule has 3 aromatic carbocycles. The highest BCUT2D eigenvalue weighted by Crippen LogP contribution is 2.35. The molecule has 0 aliphatic carbocycles. The minimum atomic E-state index is -0.858. The third-order valence-corrected chi connectivity index (χ3v) is 8.38. The number of aromatic nitrogens is 3. The fraction of sp³-hybridized carbons (Fsp3) is 0.375. The third kappa shape index (κ3) is 4.88. The Labute approximate surface area is 233 Å². The number of hydrogen-bond donors (Lipinski definition) is 1. The van der Waals surface area contributed by atoms with Crippen LogP contribution in [0, 0.1) is 6.92 Å². The lowest BCUT2D eigenvalue weighted by molar-refractivity contribution is -0.137. The normalized spacial score (nSPS) is 17.6. The molecule has 1 amide bonds. The molecule has 0 radical (unpaired) electrons. The molecule has 206 valence electrons. The highest BCUT2D eigenvalue weighted by molar-refractivity contribution is 5.96. The second-order valence-electron chi connectivity index (χ2n) is 10.9. The summed E-state index contributed by atoms with van der Waals surface area (Å²) < 4.78 is 7.87. The Hall–Kier alpha value is -4.04. The number of carboxylic acid groups (broad SMARTS) is 1. The Kier molecular flexibility index (Phi) is 7.11. The number of amides is 1. The van der Waals surface area contributed by atoms with Gasteiger partial charge < -0.3 is 14.7 Å². The van der Waals surface area contributed by atoms with E-state index in [4.69, 9.17) is 4.74 Å². The molecule has 0 saturated heterocycles. The molecule has 6 heterocycles. The first-order valence-electron chi connectivity index (χ1n) is 14.1. The Balaban J connectivity index is 1.45. The largest absolute Gasteiger partial charge is 0.481 e. The maximum atomic E-state index is 13.7. The second kappa shape index (κ2) is 10.8. The van der Waals surface area contributed by atoms with Crippen LogP contribution in [0.25, 0.3) is 11.0 Å². The molecule has 8 heteroatoms. The zero-order valence-corrected chi connectivity index (χ0v) is 23.0. The minimum Gasteiger partial charge on any atom is -0.481 e. The van der Waals surface area contributed by atoms with Crippen molar-refractivity contribution in [3.63, 3.8) is 0 Å². The summed E-state index contributed by atoms with van der Waals surface area (Å²) in [5.41, 5.74) is 9.66. The van der Waals surface area contributed by atoms with Gasteiger partial charge in [0.1, 0.15) is 5.52 Å². The zero-order valence-electron chi connectivity index (χ0n) is 23.0. The molecule has 0 fully saturated rings. The molecule has 1 aromatic heterocycles. The van der Waals surface area contributed by atoms with E-state index in [1.54, 1.807) is 0 Å². The van der Waals surface area contributed by atoms with E-state index in [-0.39, 0.29) is 18.2 Å². The van der Waals surface area contributed by atoms with E-state index in [0.29, 0.717) is 32.8 Å². The average molecular weight is 539 g/mol. The molecule has 4 aromatic rings. The Morgan fingerprint density at radius 1 is 1.10 bits per heavy atom. The fourth-order valence-corrected chi connectivity index (χ4v) is 6.19. The monoisotopic (exact) mass is 538 g/mol. The molecule has 9 bridgehead atoms. The van der Waals surface area contributed by atoms with Crippen molar-refractivity contribution >= 4 is 22.9 Å². The molecule has 0 spiro atoms. The van der Waals surface area contributed by atoms with Crippen molar-refractivity contribution in [1.29, 1.82) is 0 Å². The van der Waals surface area contributed by atoms with E-state index in [2.05, 4.69) is 35.4 Å². The van der Waals surface area contributed by atoms with Gasteiger partial charge in [-0.15, -0.1) is 5.10 Å². The van der Waals surface area contributed by atoms with Crippen LogP contribution in [0.1, 0.15) is 75.0 Å². The number of rotatable bonds is 3. The van der Waals surface area contributed by atoms with E-state index >= 15 is 0 Å². The molecule has 40 heavy (non-hydrogen) atoms. The maximum Gasteiger partial charge on any atom is 0.304 e. The Morgan fingerprint density at radius 2 is 1.98 bits per heavy atom. The number of hydrogen-bond acceptors (Lipinski definition) is 5. The number of carbonyl (C=O) groups excluding carboxylic acids is 1. The van der Waals surface area contributed by atoms with Gasteiger partial charge in [0, 0.05) is 37.7 Å². The number of ether oxygens (including phenoxy) is 1. The summed E-state index contributed by atoms with van der Waals surface area (Å²) >= 11 is 0. The van der Waals surface area contributed by atoms with Gasteiger partial charge in [-0.3, -0.25) is 9.59 Å². The minimum absolute atomic E-state index is 0.0362. The highest BCUT2D eigenvalue weighted by Gasteiger charge is 2.27. The van der Waals surface area contributed by atoms with Crippen molar-refractivity contribution in [3.05, 3.63) is 93.0 Å². The van der Waals surface area contributed by atoms with Crippen LogP contribution >= 0.6 is 0 Å². The fourth-order valence-electron chi connectivity index (χ4n) is 6.19. The number of aliphatic carboxylic acids is 1. The summed E-state index contributed by atoms with van der Waals surface area (Å²) in [6.07, 6.45) is 2.28. The summed E-state index contributed by atoms with van der Waals surface area (Å²) in [7, 11) is 0. The van der Waals surface area contributed by atoms with Crippen molar-refractivity contribution < 1.29 is 19.4 Å². The number of benzene rings is 3. The van der Waals surface area contributed by atoms with E-state index in [0.717, 1.165) is 69.2 Å². The number of nitrogens with zero attached hydrogens (tertiary/aromatic N) is 4. The van der Waals surface area contributed by atoms with Gasteiger partial charge in [-0.05, 0) is 77.3 Å². The second-order valence-corrected chi connectivity index (χ2v) is 10.9. The lowest BCUT2D eigenvalue weighted by atomic mass is 9.83. The smallest absolute Gasteiger partial charge is 0.304 e. The van der Waals surface area contributed by atoms with Crippen LogP contribution in [0.2, 0.25) is 0 Å². The molecule has 1 unspecified atom stereocenters. The first-order chi connectivity index (χ1) is 19.4. The van der Waals surface area contributed by atoms with Gasteiger partial charge in [-0.25, -0.2) is 4.68 Å². The molecule has 9 rings (SSSR count). The molecule has 1 N–H and O–H groups in total.